The molecule has 0 spiro atoms. The van der Waals surface area contributed by atoms with Crippen molar-refractivity contribution < 1.29 is 14.3 Å². The molecule has 0 saturated heterocycles. The third-order valence-electron chi connectivity index (χ3n) is 5.67. The van der Waals surface area contributed by atoms with Crippen molar-refractivity contribution in [2.24, 2.45) is 29.1 Å². The summed E-state index contributed by atoms with van der Waals surface area (Å²) in [5.41, 5.74) is 0.0845. The molecule has 0 aromatic heterocycles. The molecule has 3 aliphatic carbocycles. The average Bonchev–Trinajstić information content (AvgIpc) is 2.91. The van der Waals surface area contributed by atoms with Crippen LogP contribution in [0.1, 0.15) is 26.7 Å². The van der Waals surface area contributed by atoms with Crippen LogP contribution in [0.25, 0.3) is 0 Å². The Morgan fingerprint density at radius 3 is 2.94 bits per heavy atom. The van der Waals surface area contributed by atoms with Gasteiger partial charge in [-0.1, -0.05) is 19.9 Å². The van der Waals surface area contributed by atoms with Crippen LogP contribution >= 0.6 is 0 Å². The minimum absolute atomic E-state index is 0.0845. The normalized spacial score (nSPS) is 49.7. The van der Waals surface area contributed by atoms with Crippen molar-refractivity contribution in [1.82, 2.24) is 0 Å². The highest BCUT2D eigenvalue weighted by atomic mass is 16.7. The summed E-state index contributed by atoms with van der Waals surface area (Å²) in [6, 6.07) is 0. The van der Waals surface area contributed by atoms with Crippen LogP contribution in [0.5, 0.6) is 0 Å². The van der Waals surface area contributed by atoms with Crippen LogP contribution in [0, 0.1) is 29.1 Å². The topological polar surface area (TPSA) is 35.5 Å². The first-order valence-electron chi connectivity index (χ1n) is 6.91. The van der Waals surface area contributed by atoms with E-state index in [1.54, 1.807) is 13.2 Å². The van der Waals surface area contributed by atoms with Crippen molar-refractivity contribution in [3.8, 4) is 0 Å². The van der Waals surface area contributed by atoms with Crippen molar-refractivity contribution >= 4 is 5.78 Å². The SMILES string of the molecule is COCO[C@H]1C[C@@H]2[C@@H](C[C@H]3C(=O)C=C[C@@]23C)[C@H]1C. The van der Waals surface area contributed by atoms with Gasteiger partial charge >= 0.3 is 0 Å². The summed E-state index contributed by atoms with van der Waals surface area (Å²) in [4.78, 5) is 11.9. The lowest BCUT2D eigenvalue weighted by atomic mass is 9.75. The Labute approximate surface area is 109 Å². The van der Waals surface area contributed by atoms with Gasteiger partial charge in [0.25, 0.3) is 0 Å². The van der Waals surface area contributed by atoms with Gasteiger partial charge in [0.15, 0.2) is 5.78 Å². The minimum Gasteiger partial charge on any atom is -0.359 e. The first-order valence-corrected chi connectivity index (χ1v) is 6.91. The van der Waals surface area contributed by atoms with Gasteiger partial charge in [0.2, 0.25) is 0 Å². The summed E-state index contributed by atoms with van der Waals surface area (Å²) in [7, 11) is 1.66. The lowest BCUT2D eigenvalue weighted by Gasteiger charge is -2.29. The molecule has 6 atom stereocenters. The molecular formula is C15H22O3. The highest BCUT2D eigenvalue weighted by molar-refractivity contribution is 5.95. The van der Waals surface area contributed by atoms with Crippen LogP contribution in [0.3, 0.4) is 0 Å². The van der Waals surface area contributed by atoms with E-state index in [-0.39, 0.29) is 11.3 Å². The molecule has 3 aliphatic rings. The van der Waals surface area contributed by atoms with Crippen molar-refractivity contribution in [2.45, 2.75) is 32.8 Å². The molecule has 0 N–H and O–H groups in total. The molecule has 0 amide bonds. The highest BCUT2D eigenvalue weighted by Gasteiger charge is 2.60. The van der Waals surface area contributed by atoms with Gasteiger partial charge in [0.05, 0.1) is 6.10 Å². The zero-order chi connectivity index (χ0) is 12.9. The van der Waals surface area contributed by atoms with E-state index in [2.05, 4.69) is 19.9 Å². The van der Waals surface area contributed by atoms with Crippen LogP contribution in [-0.4, -0.2) is 25.8 Å². The Bertz CT molecular complexity index is 389. The lowest BCUT2D eigenvalue weighted by molar-refractivity contribution is -0.120. The summed E-state index contributed by atoms with van der Waals surface area (Å²) >= 11 is 0. The quantitative estimate of drug-likeness (QED) is 0.722. The second-order valence-corrected chi connectivity index (χ2v) is 6.37. The van der Waals surface area contributed by atoms with Crippen LogP contribution in [0.2, 0.25) is 0 Å². The molecule has 18 heavy (non-hydrogen) atoms. The number of hydrogen-bond donors (Lipinski definition) is 0. The van der Waals surface area contributed by atoms with Gasteiger partial charge in [-0.25, -0.2) is 0 Å². The maximum atomic E-state index is 11.9. The molecular weight excluding hydrogens is 228 g/mol. The summed E-state index contributed by atoms with van der Waals surface area (Å²) in [5, 5.41) is 0. The maximum Gasteiger partial charge on any atom is 0.159 e. The Morgan fingerprint density at radius 1 is 1.44 bits per heavy atom. The zero-order valence-electron chi connectivity index (χ0n) is 11.4. The number of rotatable bonds is 3. The first kappa shape index (κ1) is 12.4. The molecule has 3 rings (SSSR count). The molecule has 0 aromatic rings. The Hall–Kier alpha value is -0.670. The molecule has 0 bridgehead atoms. The summed E-state index contributed by atoms with van der Waals surface area (Å²) in [6.07, 6.45) is 6.37. The summed E-state index contributed by atoms with van der Waals surface area (Å²) < 4.78 is 10.8. The Balaban J connectivity index is 1.78. The fourth-order valence-electron chi connectivity index (χ4n) is 4.58. The number of carbonyl (C=O) groups is 1. The summed E-state index contributed by atoms with van der Waals surface area (Å²) in [5.74, 6) is 2.35. The number of allylic oxidation sites excluding steroid dienone is 2. The number of ketones is 1. The maximum absolute atomic E-state index is 11.9. The van der Waals surface area contributed by atoms with Gasteiger partial charge < -0.3 is 9.47 Å². The fraction of sp³-hybridized carbons (Fsp3) is 0.800. The van der Waals surface area contributed by atoms with Crippen LogP contribution in [0.4, 0.5) is 0 Å². The van der Waals surface area contributed by atoms with Crippen LogP contribution < -0.4 is 0 Å². The van der Waals surface area contributed by atoms with Crippen LogP contribution in [-0.2, 0) is 14.3 Å². The monoisotopic (exact) mass is 250 g/mol. The predicted molar refractivity (Wildman–Crippen MR) is 67.9 cm³/mol. The van der Waals surface area contributed by atoms with Gasteiger partial charge in [-0.15, -0.1) is 0 Å². The van der Waals surface area contributed by atoms with Crippen molar-refractivity contribution in [3.63, 3.8) is 0 Å². The minimum atomic E-state index is 0.0845. The smallest absolute Gasteiger partial charge is 0.159 e. The van der Waals surface area contributed by atoms with Gasteiger partial charge in [0.1, 0.15) is 6.79 Å². The molecule has 0 aliphatic heterocycles. The predicted octanol–water partition coefficient (Wildman–Crippen LogP) is 2.41. The molecule has 2 fully saturated rings. The molecule has 0 aromatic carbocycles. The van der Waals surface area contributed by atoms with Crippen molar-refractivity contribution in [1.29, 1.82) is 0 Å². The van der Waals surface area contributed by atoms with E-state index in [4.69, 9.17) is 9.47 Å². The third kappa shape index (κ3) is 1.53. The van der Waals surface area contributed by atoms with Crippen LogP contribution in [0.15, 0.2) is 12.2 Å². The Morgan fingerprint density at radius 2 is 2.22 bits per heavy atom. The number of fused-ring (bicyclic) bond motifs is 3. The Kier molecular flexibility index (Phi) is 2.87. The molecule has 0 radical (unpaired) electrons. The lowest BCUT2D eigenvalue weighted by Crippen LogP contribution is -2.28. The fourth-order valence-corrected chi connectivity index (χ4v) is 4.58. The first-order chi connectivity index (χ1) is 8.58. The van der Waals surface area contributed by atoms with E-state index < -0.39 is 0 Å². The molecule has 2 saturated carbocycles. The van der Waals surface area contributed by atoms with Gasteiger partial charge in [-0.3, -0.25) is 4.79 Å². The number of methoxy groups -OCH3 is 1. The summed E-state index contributed by atoms with van der Waals surface area (Å²) in [6.45, 7) is 4.90. The van der Waals surface area contributed by atoms with E-state index in [1.165, 1.54) is 0 Å². The molecule has 100 valence electrons. The molecule has 0 heterocycles. The van der Waals surface area contributed by atoms with E-state index in [0.29, 0.717) is 36.4 Å². The van der Waals surface area contributed by atoms with E-state index in [1.807, 2.05) is 0 Å². The molecule has 3 nitrogen and oxygen atoms in total. The van der Waals surface area contributed by atoms with E-state index >= 15 is 0 Å². The highest BCUT2D eigenvalue weighted by Crippen LogP contribution is 2.62. The van der Waals surface area contributed by atoms with Gasteiger partial charge in [0, 0.05) is 13.0 Å². The zero-order valence-corrected chi connectivity index (χ0v) is 11.4. The number of ether oxygens (including phenoxy) is 2. The average molecular weight is 250 g/mol. The third-order valence-corrected chi connectivity index (χ3v) is 5.67. The van der Waals surface area contributed by atoms with Gasteiger partial charge in [-0.2, -0.15) is 0 Å². The largest absolute Gasteiger partial charge is 0.359 e. The number of hydrogen-bond acceptors (Lipinski definition) is 3. The second-order valence-electron chi connectivity index (χ2n) is 6.37. The molecule has 0 unspecified atom stereocenters. The van der Waals surface area contributed by atoms with Crippen molar-refractivity contribution in [2.75, 3.05) is 13.9 Å². The van der Waals surface area contributed by atoms with E-state index in [0.717, 1.165) is 12.8 Å². The number of carbonyl (C=O) groups excluding carboxylic acids is 1. The second kappa shape index (κ2) is 4.17. The van der Waals surface area contributed by atoms with Crippen molar-refractivity contribution in [3.05, 3.63) is 12.2 Å². The van der Waals surface area contributed by atoms with E-state index in [9.17, 15) is 4.79 Å². The standard InChI is InChI=1S/C15H22O3/c1-9-10-6-12-13(16)4-5-15(12,2)11(10)7-14(9)18-8-17-3/h4-5,9-12,14H,6-8H2,1-3H3/t9-,10+,11-,12+,14+,15+/m1/s1. The molecule has 3 heteroatoms. The van der Waals surface area contributed by atoms with Gasteiger partial charge in [-0.05, 0) is 42.1 Å².